The molecule has 308 valence electrons. The number of aliphatic hydroxyl groups is 1. The van der Waals surface area contributed by atoms with Gasteiger partial charge in [0.1, 0.15) is 11.8 Å². The first-order chi connectivity index (χ1) is 25.3. The lowest BCUT2D eigenvalue weighted by molar-refractivity contribution is -0.148. The van der Waals surface area contributed by atoms with Crippen molar-refractivity contribution in [1.82, 2.24) is 20.0 Å². The van der Waals surface area contributed by atoms with Gasteiger partial charge in [-0.1, -0.05) is 92.1 Å². The molecule has 2 N–H and O–H groups in total. The van der Waals surface area contributed by atoms with E-state index in [0.717, 1.165) is 18.4 Å². The third kappa shape index (κ3) is 12.1. The summed E-state index contributed by atoms with van der Waals surface area (Å²) >= 11 is 0. The van der Waals surface area contributed by atoms with Crippen molar-refractivity contribution in [3.8, 4) is 0 Å². The summed E-state index contributed by atoms with van der Waals surface area (Å²) in [6, 6.07) is 7.61. The summed E-state index contributed by atoms with van der Waals surface area (Å²) in [6.07, 6.45) is 0.578. The minimum Gasteiger partial charge on any atom is -0.388 e. The number of benzene rings is 1. The Morgan fingerprint density at radius 3 is 2.00 bits per heavy atom. The summed E-state index contributed by atoms with van der Waals surface area (Å²) in [5.41, 5.74) is 0.774. The Morgan fingerprint density at radius 1 is 0.889 bits per heavy atom. The molecule has 1 aromatic carbocycles. The number of rotatable bonds is 22. The number of ketones is 1. The summed E-state index contributed by atoms with van der Waals surface area (Å²) < 4.78 is 12.0. The van der Waals surface area contributed by atoms with E-state index >= 15 is 0 Å². The monoisotopic (exact) mass is 759 g/mol. The fourth-order valence-electron chi connectivity index (χ4n) is 8.18. The second-order valence-electron chi connectivity index (χ2n) is 16.8. The molecule has 0 aromatic heterocycles. The zero-order valence-electron chi connectivity index (χ0n) is 35.9. The zero-order valence-corrected chi connectivity index (χ0v) is 35.9. The van der Waals surface area contributed by atoms with Crippen LogP contribution in [-0.2, 0) is 28.7 Å². The van der Waals surface area contributed by atoms with E-state index in [1.54, 1.807) is 26.2 Å². The molecule has 11 heteroatoms. The summed E-state index contributed by atoms with van der Waals surface area (Å²) in [6.45, 7) is 20.4. The van der Waals surface area contributed by atoms with E-state index in [0.29, 0.717) is 13.0 Å². The van der Waals surface area contributed by atoms with Crippen molar-refractivity contribution >= 4 is 23.5 Å². The standard InChI is InChI=1S/C43H74N4O7/c1-15-29(8)39(46(12)43(52)37(26(2)3)44-42(51)38(27(4)5)45(11)28(6)7)35(53-13)25-36(49)47-23-19-22-33(47)41(54-14)31(10)34(48)24-30(9)40(50)32-20-17-16-18-21-32/h16-18,20-21,26-31,33,35,37-41,50H,15,19,22-25H2,1-14H3,(H,44,51)/t29-,30-,31-,33-,35+,37-,38-,39+,40+,41+/m0/s1. The highest BCUT2D eigenvalue weighted by Gasteiger charge is 2.43. The SMILES string of the molecule is CC[C@H](C)[C@H]([C@@H](CC(=O)N1CCC[C@H]1[C@H](OC)[C@@H](C)C(=O)C[C@H](C)[C@@H](O)c1ccccc1)OC)N(C)C(=O)[C@@H](NC(=O)[C@H](C(C)C)N(C)C(C)C)C(C)C. The van der Waals surface area contributed by atoms with Gasteiger partial charge in [-0.15, -0.1) is 0 Å². The Hall–Kier alpha value is -2.86. The van der Waals surface area contributed by atoms with Gasteiger partial charge in [0.25, 0.3) is 0 Å². The quantitative estimate of drug-likeness (QED) is 0.153. The van der Waals surface area contributed by atoms with Crippen LogP contribution in [0, 0.1) is 29.6 Å². The topological polar surface area (TPSA) is 129 Å². The molecule has 0 saturated carbocycles. The highest BCUT2D eigenvalue weighted by atomic mass is 16.5. The summed E-state index contributed by atoms with van der Waals surface area (Å²) in [7, 11) is 6.85. The van der Waals surface area contributed by atoms with Crippen molar-refractivity contribution in [1.29, 1.82) is 0 Å². The molecule has 1 fully saturated rings. The van der Waals surface area contributed by atoms with E-state index in [9.17, 15) is 24.3 Å². The Balaban J connectivity index is 2.27. The molecule has 1 aromatic rings. The number of likely N-dealkylation sites (tertiary alicyclic amines) is 1. The fraction of sp³-hybridized carbons (Fsp3) is 0.767. The molecule has 3 amide bonds. The Morgan fingerprint density at radius 2 is 1.50 bits per heavy atom. The molecule has 0 spiro atoms. The van der Waals surface area contributed by atoms with Gasteiger partial charge in [-0.25, -0.2) is 0 Å². The number of nitrogens with one attached hydrogen (secondary N) is 1. The summed E-state index contributed by atoms with van der Waals surface area (Å²) in [5, 5.41) is 14.0. The molecule has 10 atom stereocenters. The minimum atomic E-state index is -0.766. The van der Waals surface area contributed by atoms with Gasteiger partial charge in [-0.3, -0.25) is 24.1 Å². The lowest BCUT2D eigenvalue weighted by Crippen LogP contribution is -2.60. The average molecular weight is 759 g/mol. The third-order valence-corrected chi connectivity index (χ3v) is 11.9. The van der Waals surface area contributed by atoms with Gasteiger partial charge >= 0.3 is 0 Å². The van der Waals surface area contributed by atoms with Crippen molar-refractivity contribution in [3.05, 3.63) is 35.9 Å². The number of methoxy groups -OCH3 is 2. The van der Waals surface area contributed by atoms with E-state index < -0.39 is 42.4 Å². The Labute approximate surface area is 326 Å². The van der Waals surface area contributed by atoms with E-state index in [1.165, 1.54) is 0 Å². The first-order valence-electron chi connectivity index (χ1n) is 20.2. The van der Waals surface area contributed by atoms with Gasteiger partial charge < -0.3 is 29.7 Å². The van der Waals surface area contributed by atoms with E-state index in [-0.39, 0.29) is 72.1 Å². The number of carbonyl (C=O) groups is 4. The van der Waals surface area contributed by atoms with E-state index in [4.69, 9.17) is 9.47 Å². The molecule has 2 rings (SSSR count). The predicted octanol–water partition coefficient (Wildman–Crippen LogP) is 5.74. The first kappa shape index (κ1) is 47.3. The molecule has 11 nitrogen and oxygen atoms in total. The number of nitrogens with zero attached hydrogens (tertiary/aromatic N) is 3. The lowest BCUT2D eigenvalue weighted by Gasteiger charge is -2.41. The molecule has 1 aliphatic heterocycles. The molecular formula is C43H74N4O7. The third-order valence-electron chi connectivity index (χ3n) is 11.9. The molecule has 0 aliphatic carbocycles. The number of carbonyl (C=O) groups excluding carboxylic acids is 4. The van der Waals surface area contributed by atoms with Crippen LogP contribution in [0.5, 0.6) is 0 Å². The van der Waals surface area contributed by atoms with E-state index in [1.807, 2.05) is 103 Å². The summed E-state index contributed by atoms with van der Waals surface area (Å²) in [4.78, 5) is 61.4. The zero-order chi connectivity index (χ0) is 41.0. The minimum absolute atomic E-state index is 0.0114. The predicted molar refractivity (Wildman–Crippen MR) is 215 cm³/mol. The Kier molecular flexibility index (Phi) is 19.3. The van der Waals surface area contributed by atoms with Gasteiger partial charge in [-0.2, -0.15) is 0 Å². The van der Waals surface area contributed by atoms with Crippen LogP contribution in [0.4, 0.5) is 0 Å². The van der Waals surface area contributed by atoms with Gasteiger partial charge in [0, 0.05) is 46.2 Å². The van der Waals surface area contributed by atoms with Crippen molar-refractivity contribution in [3.63, 3.8) is 0 Å². The average Bonchev–Trinajstić information content (AvgIpc) is 3.62. The first-order valence-corrected chi connectivity index (χ1v) is 20.2. The highest BCUT2D eigenvalue weighted by molar-refractivity contribution is 5.90. The van der Waals surface area contributed by atoms with Crippen LogP contribution in [0.25, 0.3) is 0 Å². The second-order valence-corrected chi connectivity index (χ2v) is 16.8. The van der Waals surface area contributed by atoms with Crippen LogP contribution < -0.4 is 5.32 Å². The number of aliphatic hydroxyl groups excluding tert-OH is 1. The molecular weight excluding hydrogens is 684 g/mol. The number of Topliss-reactive ketones (excluding diaryl/α,β-unsaturated/α-hetero) is 1. The van der Waals surface area contributed by atoms with Gasteiger partial charge in [-0.05, 0) is 63.0 Å². The van der Waals surface area contributed by atoms with Crippen LogP contribution in [0.15, 0.2) is 30.3 Å². The van der Waals surface area contributed by atoms with Crippen molar-refractivity contribution < 1.29 is 33.8 Å². The maximum atomic E-state index is 14.3. The molecule has 1 aliphatic rings. The number of amides is 3. The van der Waals surface area contributed by atoms with Crippen LogP contribution in [-0.4, -0.2) is 121 Å². The smallest absolute Gasteiger partial charge is 0.245 e. The van der Waals surface area contributed by atoms with Crippen LogP contribution in [0.2, 0.25) is 0 Å². The van der Waals surface area contributed by atoms with Gasteiger partial charge in [0.05, 0.1) is 42.9 Å². The fourth-order valence-corrected chi connectivity index (χ4v) is 8.18. The van der Waals surface area contributed by atoms with Crippen molar-refractivity contribution in [2.75, 3.05) is 34.9 Å². The molecule has 0 radical (unpaired) electrons. The van der Waals surface area contributed by atoms with Crippen LogP contribution in [0.3, 0.4) is 0 Å². The normalized spacial score (nSPS) is 20.0. The number of likely N-dealkylation sites (N-methyl/N-ethyl adjacent to an activating group) is 2. The second kappa shape index (κ2) is 22.0. The summed E-state index contributed by atoms with van der Waals surface area (Å²) in [5.74, 6) is -1.45. The number of hydrogen-bond donors (Lipinski definition) is 2. The molecule has 0 unspecified atom stereocenters. The van der Waals surface area contributed by atoms with E-state index in [2.05, 4.69) is 19.2 Å². The van der Waals surface area contributed by atoms with Crippen LogP contribution in [0.1, 0.15) is 113 Å². The van der Waals surface area contributed by atoms with Gasteiger partial charge in [0.15, 0.2) is 0 Å². The number of hydrogen-bond acceptors (Lipinski definition) is 8. The molecule has 54 heavy (non-hydrogen) atoms. The molecule has 1 heterocycles. The van der Waals surface area contributed by atoms with Crippen LogP contribution >= 0.6 is 0 Å². The molecule has 1 saturated heterocycles. The Bertz CT molecular complexity index is 1320. The van der Waals surface area contributed by atoms with Crippen molar-refractivity contribution in [2.24, 2.45) is 29.6 Å². The number of ether oxygens (including phenoxy) is 2. The maximum absolute atomic E-state index is 14.3. The van der Waals surface area contributed by atoms with Crippen molar-refractivity contribution in [2.45, 2.75) is 150 Å². The largest absolute Gasteiger partial charge is 0.388 e. The highest BCUT2D eigenvalue weighted by Crippen LogP contribution is 2.32. The lowest BCUT2D eigenvalue weighted by atomic mass is 9.85. The molecule has 0 bridgehead atoms. The van der Waals surface area contributed by atoms with Gasteiger partial charge in [0.2, 0.25) is 17.7 Å². The maximum Gasteiger partial charge on any atom is 0.245 e.